The summed E-state index contributed by atoms with van der Waals surface area (Å²) >= 11 is 0. The van der Waals surface area contributed by atoms with Crippen LogP contribution in [0.2, 0.25) is 0 Å². The first kappa shape index (κ1) is 14.5. The van der Waals surface area contributed by atoms with Crippen molar-refractivity contribution in [3.05, 3.63) is 83.0 Å². The van der Waals surface area contributed by atoms with Crippen molar-refractivity contribution in [3.63, 3.8) is 0 Å². The summed E-state index contributed by atoms with van der Waals surface area (Å²) in [4.78, 5) is 14.6. The zero-order valence-corrected chi connectivity index (χ0v) is 11.1. The number of halogens is 1. The molecule has 0 aliphatic heterocycles. The monoisotopic (exact) mass is 281 g/mol. The Morgan fingerprint density at radius 1 is 1.24 bits per heavy atom. The van der Waals surface area contributed by atoms with Crippen molar-refractivity contribution in [1.82, 2.24) is 0 Å². The van der Waals surface area contributed by atoms with Gasteiger partial charge in [-0.2, -0.15) is 0 Å². The number of carbonyl (C=O) groups excluding carboxylic acids is 1. The molecule has 3 nitrogen and oxygen atoms in total. The van der Waals surface area contributed by atoms with Gasteiger partial charge < -0.3 is 4.74 Å². The predicted octanol–water partition coefficient (Wildman–Crippen LogP) is 4.13. The van der Waals surface area contributed by atoms with E-state index in [9.17, 15) is 9.18 Å². The first-order valence-electron chi connectivity index (χ1n) is 6.25. The first-order chi connectivity index (χ1) is 10.2. The molecule has 2 rings (SSSR count). The van der Waals surface area contributed by atoms with Gasteiger partial charge in [0.2, 0.25) is 5.69 Å². The van der Waals surface area contributed by atoms with Crippen molar-refractivity contribution in [1.29, 1.82) is 0 Å². The Hall–Kier alpha value is -2.93. The lowest BCUT2D eigenvalue weighted by Gasteiger charge is -2.01. The number of carbonyl (C=O) groups is 1. The van der Waals surface area contributed by atoms with Crippen LogP contribution < -0.4 is 0 Å². The van der Waals surface area contributed by atoms with Gasteiger partial charge in [-0.05, 0) is 29.3 Å². The summed E-state index contributed by atoms with van der Waals surface area (Å²) in [6, 6.07) is 13.4. The molecule has 0 saturated heterocycles. The summed E-state index contributed by atoms with van der Waals surface area (Å²) in [5, 5.41) is 0. The van der Waals surface area contributed by atoms with Gasteiger partial charge in [0.1, 0.15) is 12.4 Å². The van der Waals surface area contributed by atoms with Gasteiger partial charge in [-0.3, -0.25) is 0 Å². The van der Waals surface area contributed by atoms with Gasteiger partial charge >= 0.3 is 5.97 Å². The third kappa shape index (κ3) is 4.29. The minimum atomic E-state index is -0.575. The SMILES string of the molecule is [C-]#[N+]c1cc(C=CC(=O)OCc2ccccc2)ccc1F. The van der Waals surface area contributed by atoms with Crippen LogP contribution in [-0.4, -0.2) is 5.97 Å². The van der Waals surface area contributed by atoms with E-state index in [-0.39, 0.29) is 12.3 Å². The smallest absolute Gasteiger partial charge is 0.331 e. The van der Waals surface area contributed by atoms with Crippen LogP contribution >= 0.6 is 0 Å². The van der Waals surface area contributed by atoms with E-state index in [4.69, 9.17) is 11.3 Å². The number of rotatable bonds is 4. The number of benzene rings is 2. The Kier molecular flexibility index (Phi) is 4.84. The predicted molar refractivity (Wildman–Crippen MR) is 77.9 cm³/mol. The number of nitrogens with zero attached hydrogens (tertiary/aromatic N) is 1. The molecule has 0 aliphatic rings. The molecule has 0 spiro atoms. The quantitative estimate of drug-likeness (QED) is 0.479. The fraction of sp³-hybridized carbons (Fsp3) is 0.0588. The lowest BCUT2D eigenvalue weighted by molar-refractivity contribution is -0.138. The zero-order chi connectivity index (χ0) is 15.1. The molecule has 0 fully saturated rings. The molecule has 4 heteroatoms. The van der Waals surface area contributed by atoms with E-state index in [1.807, 2.05) is 30.3 Å². The molecule has 0 aromatic heterocycles. The van der Waals surface area contributed by atoms with Crippen molar-refractivity contribution in [3.8, 4) is 0 Å². The summed E-state index contributed by atoms with van der Waals surface area (Å²) in [7, 11) is 0. The third-order valence-corrected chi connectivity index (χ3v) is 2.73. The molecule has 104 valence electrons. The molecular weight excluding hydrogens is 269 g/mol. The molecule has 2 aromatic rings. The van der Waals surface area contributed by atoms with Crippen molar-refractivity contribution in [2.75, 3.05) is 0 Å². The summed E-state index contributed by atoms with van der Waals surface area (Å²) in [5.41, 5.74) is 1.39. The zero-order valence-electron chi connectivity index (χ0n) is 11.1. The lowest BCUT2D eigenvalue weighted by atomic mass is 10.2. The largest absolute Gasteiger partial charge is 0.458 e. The minimum Gasteiger partial charge on any atom is -0.458 e. The number of esters is 1. The van der Waals surface area contributed by atoms with E-state index < -0.39 is 11.8 Å². The Morgan fingerprint density at radius 3 is 2.71 bits per heavy atom. The van der Waals surface area contributed by atoms with Gasteiger partial charge in [-0.25, -0.2) is 14.0 Å². The lowest BCUT2D eigenvalue weighted by Crippen LogP contribution is -2.00. The van der Waals surface area contributed by atoms with E-state index in [0.717, 1.165) is 5.56 Å². The van der Waals surface area contributed by atoms with Crippen LogP contribution in [0.1, 0.15) is 11.1 Å². The van der Waals surface area contributed by atoms with E-state index >= 15 is 0 Å². The number of hydrogen-bond acceptors (Lipinski definition) is 2. The average Bonchev–Trinajstić information content (AvgIpc) is 2.53. The molecule has 0 radical (unpaired) electrons. The molecule has 0 N–H and O–H groups in total. The standard InChI is InChI=1S/C17H12FNO2/c1-19-16-11-13(7-9-15(16)18)8-10-17(20)21-12-14-5-3-2-4-6-14/h2-11H,12H2. The minimum absolute atomic E-state index is 0.0743. The highest BCUT2D eigenvalue weighted by molar-refractivity contribution is 5.87. The van der Waals surface area contributed by atoms with E-state index in [1.165, 1.54) is 30.4 Å². The second-order valence-electron chi connectivity index (χ2n) is 4.25. The second kappa shape index (κ2) is 7.01. The highest BCUT2D eigenvalue weighted by Gasteiger charge is 2.02. The third-order valence-electron chi connectivity index (χ3n) is 2.73. The van der Waals surface area contributed by atoms with Gasteiger partial charge in [0, 0.05) is 6.08 Å². The van der Waals surface area contributed by atoms with Gasteiger partial charge in [0.05, 0.1) is 6.57 Å². The second-order valence-corrected chi connectivity index (χ2v) is 4.25. The molecule has 0 saturated carbocycles. The fourth-order valence-corrected chi connectivity index (χ4v) is 1.66. The van der Waals surface area contributed by atoms with Gasteiger partial charge in [0.25, 0.3) is 0 Å². The molecule has 0 atom stereocenters. The highest BCUT2D eigenvalue weighted by atomic mass is 19.1. The Bertz CT molecular complexity index is 702. The molecule has 0 heterocycles. The van der Waals surface area contributed by atoms with Crippen molar-refractivity contribution < 1.29 is 13.9 Å². The molecular formula is C17H12FNO2. The van der Waals surface area contributed by atoms with E-state index in [1.54, 1.807) is 0 Å². The van der Waals surface area contributed by atoms with Gasteiger partial charge in [-0.15, -0.1) is 0 Å². The Morgan fingerprint density at radius 2 is 2.00 bits per heavy atom. The summed E-state index contributed by atoms with van der Waals surface area (Å²) in [5.74, 6) is -1.07. The van der Waals surface area contributed by atoms with Crippen LogP contribution in [-0.2, 0) is 16.1 Å². The summed E-state index contributed by atoms with van der Waals surface area (Å²) in [6.45, 7) is 7.02. The van der Waals surface area contributed by atoms with E-state index in [2.05, 4.69) is 4.85 Å². The molecule has 0 unspecified atom stereocenters. The van der Waals surface area contributed by atoms with Crippen LogP contribution in [0, 0.1) is 12.4 Å². The Balaban J connectivity index is 1.95. The van der Waals surface area contributed by atoms with Crippen LogP contribution in [0.4, 0.5) is 10.1 Å². The maximum absolute atomic E-state index is 13.1. The van der Waals surface area contributed by atoms with Gasteiger partial charge in [0.15, 0.2) is 0 Å². The fourth-order valence-electron chi connectivity index (χ4n) is 1.66. The normalized spacial score (nSPS) is 10.3. The van der Waals surface area contributed by atoms with Crippen LogP contribution in [0.15, 0.2) is 54.6 Å². The molecule has 0 aliphatic carbocycles. The number of hydrogen-bond donors (Lipinski definition) is 0. The maximum Gasteiger partial charge on any atom is 0.331 e. The molecule has 0 bridgehead atoms. The highest BCUT2D eigenvalue weighted by Crippen LogP contribution is 2.19. The summed E-state index contributed by atoms with van der Waals surface area (Å²) in [6.07, 6.45) is 2.74. The molecule has 0 amide bonds. The van der Waals surface area contributed by atoms with E-state index in [0.29, 0.717) is 5.56 Å². The van der Waals surface area contributed by atoms with Crippen LogP contribution in [0.5, 0.6) is 0 Å². The molecule has 21 heavy (non-hydrogen) atoms. The van der Waals surface area contributed by atoms with Crippen molar-refractivity contribution >= 4 is 17.7 Å². The van der Waals surface area contributed by atoms with Crippen molar-refractivity contribution in [2.45, 2.75) is 6.61 Å². The summed E-state index contributed by atoms with van der Waals surface area (Å²) < 4.78 is 18.2. The van der Waals surface area contributed by atoms with Crippen LogP contribution in [0.3, 0.4) is 0 Å². The van der Waals surface area contributed by atoms with Crippen molar-refractivity contribution in [2.24, 2.45) is 0 Å². The van der Waals surface area contributed by atoms with Gasteiger partial charge in [-0.1, -0.05) is 36.4 Å². The Labute approximate surface area is 122 Å². The first-order valence-corrected chi connectivity index (χ1v) is 6.25. The topological polar surface area (TPSA) is 30.7 Å². The molecule has 2 aromatic carbocycles. The number of ether oxygens (including phenoxy) is 1. The van der Waals surface area contributed by atoms with Crippen LogP contribution in [0.25, 0.3) is 10.9 Å². The average molecular weight is 281 g/mol. The maximum atomic E-state index is 13.1.